The summed E-state index contributed by atoms with van der Waals surface area (Å²) in [7, 11) is 1.58. The molecule has 17 heavy (non-hydrogen) atoms. The van der Waals surface area contributed by atoms with Gasteiger partial charge in [-0.2, -0.15) is 5.10 Å². The highest BCUT2D eigenvalue weighted by molar-refractivity contribution is 6.29. The molecule has 0 radical (unpaired) electrons. The number of nitrogens with one attached hydrogen (secondary N) is 1. The van der Waals surface area contributed by atoms with Crippen molar-refractivity contribution in [2.75, 3.05) is 12.4 Å². The van der Waals surface area contributed by atoms with Crippen molar-refractivity contribution < 1.29 is 9.53 Å². The number of hydrogen-bond donors (Lipinski definition) is 1. The molecule has 2 heterocycles. The van der Waals surface area contributed by atoms with Crippen LogP contribution in [0, 0.1) is 0 Å². The van der Waals surface area contributed by atoms with Crippen molar-refractivity contribution in [3.05, 3.63) is 23.1 Å². The van der Waals surface area contributed by atoms with E-state index >= 15 is 0 Å². The SMILES string of the molecule is COC(C)c1c(NC=O)cnn2cc(Cl)nc12. The van der Waals surface area contributed by atoms with E-state index in [-0.39, 0.29) is 6.10 Å². The number of ether oxygens (including phenoxy) is 1. The van der Waals surface area contributed by atoms with E-state index in [1.165, 1.54) is 6.20 Å². The number of methoxy groups -OCH3 is 1. The first kappa shape index (κ1) is 11.8. The lowest BCUT2D eigenvalue weighted by Crippen LogP contribution is -2.08. The molecule has 2 aromatic heterocycles. The summed E-state index contributed by atoms with van der Waals surface area (Å²) < 4.78 is 6.81. The Hall–Kier alpha value is -1.66. The van der Waals surface area contributed by atoms with E-state index in [1.807, 2.05) is 6.92 Å². The van der Waals surface area contributed by atoms with Gasteiger partial charge in [0.15, 0.2) is 5.65 Å². The van der Waals surface area contributed by atoms with Gasteiger partial charge >= 0.3 is 0 Å². The molecular formula is C10H11ClN4O2. The molecule has 1 atom stereocenters. The van der Waals surface area contributed by atoms with Crippen molar-refractivity contribution in [3.63, 3.8) is 0 Å². The van der Waals surface area contributed by atoms with Gasteiger partial charge in [-0.25, -0.2) is 9.50 Å². The average Bonchev–Trinajstić information content (AvgIpc) is 2.68. The van der Waals surface area contributed by atoms with E-state index < -0.39 is 0 Å². The van der Waals surface area contributed by atoms with Crippen molar-refractivity contribution in [2.24, 2.45) is 0 Å². The zero-order valence-corrected chi connectivity index (χ0v) is 10.1. The number of carbonyl (C=O) groups excluding carboxylic acids is 1. The highest BCUT2D eigenvalue weighted by Crippen LogP contribution is 2.28. The molecule has 2 rings (SSSR count). The molecule has 1 amide bonds. The Morgan fingerprint density at radius 1 is 1.65 bits per heavy atom. The largest absolute Gasteiger partial charge is 0.377 e. The van der Waals surface area contributed by atoms with Gasteiger partial charge in [0.25, 0.3) is 0 Å². The predicted octanol–water partition coefficient (Wildman–Crippen LogP) is 1.66. The Labute approximate surface area is 103 Å². The first-order chi connectivity index (χ1) is 8.17. The summed E-state index contributed by atoms with van der Waals surface area (Å²) in [4.78, 5) is 14.7. The second-order valence-electron chi connectivity index (χ2n) is 3.44. The fourth-order valence-electron chi connectivity index (χ4n) is 1.62. The van der Waals surface area contributed by atoms with Crippen LogP contribution in [0.15, 0.2) is 12.4 Å². The molecular weight excluding hydrogens is 244 g/mol. The van der Waals surface area contributed by atoms with Crippen LogP contribution in [0.4, 0.5) is 5.69 Å². The molecule has 0 saturated carbocycles. The molecule has 0 fully saturated rings. The van der Waals surface area contributed by atoms with Gasteiger partial charge in [-0.15, -0.1) is 0 Å². The van der Waals surface area contributed by atoms with Crippen molar-refractivity contribution in [1.29, 1.82) is 0 Å². The third-order valence-electron chi connectivity index (χ3n) is 2.48. The van der Waals surface area contributed by atoms with Crippen LogP contribution in [0.25, 0.3) is 5.65 Å². The molecule has 0 spiro atoms. The lowest BCUT2D eigenvalue weighted by molar-refractivity contribution is -0.105. The summed E-state index contributed by atoms with van der Waals surface area (Å²) >= 11 is 5.83. The minimum absolute atomic E-state index is 0.235. The fraction of sp³-hybridized carbons (Fsp3) is 0.300. The molecule has 0 aliphatic rings. The summed E-state index contributed by atoms with van der Waals surface area (Å²) in [6.45, 7) is 1.86. The van der Waals surface area contributed by atoms with Crippen LogP contribution in [0.1, 0.15) is 18.6 Å². The Morgan fingerprint density at radius 2 is 2.41 bits per heavy atom. The Morgan fingerprint density at radius 3 is 3.06 bits per heavy atom. The van der Waals surface area contributed by atoms with Gasteiger partial charge in [0.2, 0.25) is 6.41 Å². The van der Waals surface area contributed by atoms with Gasteiger partial charge in [-0.1, -0.05) is 11.6 Å². The minimum atomic E-state index is -0.235. The maximum atomic E-state index is 10.5. The topological polar surface area (TPSA) is 68.5 Å². The number of amides is 1. The number of halogens is 1. The zero-order chi connectivity index (χ0) is 12.4. The third kappa shape index (κ3) is 2.09. The van der Waals surface area contributed by atoms with E-state index in [1.54, 1.807) is 17.8 Å². The van der Waals surface area contributed by atoms with Crippen LogP contribution in [0.2, 0.25) is 5.15 Å². The number of nitrogens with zero attached hydrogens (tertiary/aromatic N) is 3. The summed E-state index contributed by atoms with van der Waals surface area (Å²) in [5.41, 5.74) is 1.86. The van der Waals surface area contributed by atoms with Crippen molar-refractivity contribution in [1.82, 2.24) is 14.6 Å². The maximum absolute atomic E-state index is 10.5. The van der Waals surface area contributed by atoms with Gasteiger partial charge in [-0.05, 0) is 6.92 Å². The monoisotopic (exact) mass is 254 g/mol. The van der Waals surface area contributed by atoms with E-state index in [2.05, 4.69) is 15.4 Å². The first-order valence-electron chi connectivity index (χ1n) is 4.94. The van der Waals surface area contributed by atoms with Gasteiger partial charge in [0, 0.05) is 7.11 Å². The highest BCUT2D eigenvalue weighted by atomic mass is 35.5. The molecule has 6 nitrogen and oxygen atoms in total. The van der Waals surface area contributed by atoms with Gasteiger partial charge in [-0.3, -0.25) is 4.79 Å². The normalized spacial score (nSPS) is 12.6. The smallest absolute Gasteiger partial charge is 0.211 e. The molecule has 0 aromatic carbocycles. The van der Waals surface area contributed by atoms with Crippen LogP contribution in [-0.4, -0.2) is 28.1 Å². The number of carbonyl (C=O) groups is 1. The van der Waals surface area contributed by atoms with E-state index in [9.17, 15) is 4.79 Å². The predicted molar refractivity (Wildman–Crippen MR) is 63.1 cm³/mol. The molecule has 1 N–H and O–H groups in total. The zero-order valence-electron chi connectivity index (χ0n) is 9.35. The number of aromatic nitrogens is 3. The fourth-order valence-corrected chi connectivity index (χ4v) is 1.79. The standard InChI is InChI=1S/C10H11ClN4O2/c1-6(17-2)9-7(12-5-16)3-13-15-4-8(11)14-10(9)15/h3-6H,1-2H3,(H,12,16). The van der Waals surface area contributed by atoms with Gasteiger partial charge < -0.3 is 10.1 Å². The van der Waals surface area contributed by atoms with Crippen LogP contribution >= 0.6 is 11.6 Å². The van der Waals surface area contributed by atoms with Crippen molar-refractivity contribution >= 4 is 29.3 Å². The van der Waals surface area contributed by atoms with E-state index in [0.29, 0.717) is 22.9 Å². The third-order valence-corrected chi connectivity index (χ3v) is 2.66. The lowest BCUT2D eigenvalue weighted by atomic mass is 10.1. The second kappa shape index (κ2) is 4.68. The number of anilines is 1. The number of rotatable bonds is 4. The molecule has 90 valence electrons. The molecule has 0 aliphatic heterocycles. The quantitative estimate of drug-likeness (QED) is 0.843. The molecule has 7 heteroatoms. The van der Waals surface area contributed by atoms with Crippen LogP contribution in [-0.2, 0) is 9.53 Å². The van der Waals surface area contributed by atoms with E-state index in [0.717, 1.165) is 5.56 Å². The van der Waals surface area contributed by atoms with Crippen molar-refractivity contribution in [2.45, 2.75) is 13.0 Å². The summed E-state index contributed by atoms with van der Waals surface area (Å²) in [5, 5.41) is 7.00. The molecule has 2 aromatic rings. The molecule has 0 saturated heterocycles. The Bertz CT molecular complexity index is 554. The molecule has 1 unspecified atom stereocenters. The van der Waals surface area contributed by atoms with Crippen LogP contribution < -0.4 is 5.32 Å². The van der Waals surface area contributed by atoms with Gasteiger partial charge in [0.1, 0.15) is 5.15 Å². The maximum Gasteiger partial charge on any atom is 0.211 e. The second-order valence-corrected chi connectivity index (χ2v) is 3.83. The lowest BCUT2D eigenvalue weighted by Gasteiger charge is -2.14. The number of fused-ring (bicyclic) bond motifs is 1. The first-order valence-corrected chi connectivity index (χ1v) is 5.32. The van der Waals surface area contributed by atoms with Crippen LogP contribution in [0.3, 0.4) is 0 Å². The average molecular weight is 255 g/mol. The number of imidazole rings is 1. The molecule has 0 aliphatic carbocycles. The summed E-state index contributed by atoms with van der Waals surface area (Å²) in [6.07, 6.45) is 3.48. The number of hydrogen-bond acceptors (Lipinski definition) is 4. The molecule has 0 bridgehead atoms. The van der Waals surface area contributed by atoms with Crippen molar-refractivity contribution in [3.8, 4) is 0 Å². The Balaban J connectivity index is 2.69. The summed E-state index contributed by atoms with van der Waals surface area (Å²) in [6, 6.07) is 0. The van der Waals surface area contributed by atoms with E-state index in [4.69, 9.17) is 16.3 Å². The van der Waals surface area contributed by atoms with Gasteiger partial charge in [0.05, 0.1) is 29.7 Å². The Kier molecular flexibility index (Phi) is 3.26. The minimum Gasteiger partial charge on any atom is -0.377 e. The summed E-state index contributed by atoms with van der Waals surface area (Å²) in [5.74, 6) is 0. The highest BCUT2D eigenvalue weighted by Gasteiger charge is 2.17. The van der Waals surface area contributed by atoms with Crippen LogP contribution in [0.5, 0.6) is 0 Å².